The summed E-state index contributed by atoms with van der Waals surface area (Å²) >= 11 is 0. The van der Waals surface area contributed by atoms with Gasteiger partial charge in [0.25, 0.3) is 5.91 Å². The van der Waals surface area contributed by atoms with Gasteiger partial charge in [0, 0.05) is 24.6 Å². The molecule has 0 aliphatic heterocycles. The van der Waals surface area contributed by atoms with Crippen LogP contribution in [0, 0.1) is 19.8 Å². The Bertz CT molecular complexity index is 467. The summed E-state index contributed by atoms with van der Waals surface area (Å²) in [6.45, 7) is 8.48. The fourth-order valence-electron chi connectivity index (χ4n) is 1.73. The predicted octanol–water partition coefficient (Wildman–Crippen LogP) is 1.81. The predicted molar refractivity (Wildman–Crippen MR) is 76.1 cm³/mol. The van der Waals surface area contributed by atoms with Crippen LogP contribution in [-0.4, -0.2) is 24.9 Å². The van der Waals surface area contributed by atoms with E-state index >= 15 is 0 Å². The first kappa shape index (κ1) is 15.2. The third kappa shape index (κ3) is 4.73. The molecule has 0 atom stereocenters. The van der Waals surface area contributed by atoms with Crippen LogP contribution in [0.4, 0.5) is 0 Å². The molecule has 19 heavy (non-hydrogen) atoms. The zero-order chi connectivity index (χ0) is 14.4. The monoisotopic (exact) mass is 262 g/mol. The smallest absolute Gasteiger partial charge is 0.251 e. The fraction of sp³-hybridized carbons (Fsp3) is 0.467. The first-order valence-electron chi connectivity index (χ1n) is 6.55. The van der Waals surface area contributed by atoms with E-state index in [1.807, 2.05) is 45.9 Å². The molecule has 1 rings (SSSR count). The quantitative estimate of drug-likeness (QED) is 0.795. The van der Waals surface area contributed by atoms with E-state index in [1.54, 1.807) is 0 Å². The van der Waals surface area contributed by atoms with Gasteiger partial charge in [-0.3, -0.25) is 9.59 Å². The van der Waals surface area contributed by atoms with Gasteiger partial charge in [0.1, 0.15) is 0 Å². The lowest BCUT2D eigenvalue weighted by atomic mass is 10.1. The van der Waals surface area contributed by atoms with Crippen molar-refractivity contribution in [1.29, 1.82) is 0 Å². The number of rotatable bonds is 5. The van der Waals surface area contributed by atoms with Gasteiger partial charge in [-0.25, -0.2) is 0 Å². The van der Waals surface area contributed by atoms with E-state index in [2.05, 4.69) is 10.6 Å². The van der Waals surface area contributed by atoms with Gasteiger partial charge >= 0.3 is 0 Å². The highest BCUT2D eigenvalue weighted by atomic mass is 16.2. The lowest BCUT2D eigenvalue weighted by molar-refractivity contribution is -0.123. The fourth-order valence-corrected chi connectivity index (χ4v) is 1.73. The van der Waals surface area contributed by atoms with Gasteiger partial charge in [-0.05, 0) is 25.5 Å². The molecule has 0 heterocycles. The van der Waals surface area contributed by atoms with E-state index < -0.39 is 0 Å². The molecule has 0 aromatic heterocycles. The van der Waals surface area contributed by atoms with E-state index in [4.69, 9.17) is 0 Å². The average Bonchev–Trinajstić information content (AvgIpc) is 2.33. The molecule has 2 N–H and O–H groups in total. The van der Waals surface area contributed by atoms with Gasteiger partial charge in [0.2, 0.25) is 5.91 Å². The van der Waals surface area contributed by atoms with Gasteiger partial charge in [-0.1, -0.05) is 31.5 Å². The minimum atomic E-state index is -0.101. The van der Waals surface area contributed by atoms with Crippen LogP contribution in [0.3, 0.4) is 0 Å². The summed E-state index contributed by atoms with van der Waals surface area (Å²) in [7, 11) is 0. The Kier molecular flexibility index (Phi) is 5.55. The first-order chi connectivity index (χ1) is 8.91. The Labute approximate surface area is 114 Å². The molecule has 1 aromatic carbocycles. The number of hydrogen-bond donors (Lipinski definition) is 2. The van der Waals surface area contributed by atoms with Gasteiger partial charge in [-0.2, -0.15) is 0 Å². The van der Waals surface area contributed by atoms with E-state index in [1.165, 1.54) is 0 Å². The van der Waals surface area contributed by atoms with Crippen molar-refractivity contribution in [3.63, 3.8) is 0 Å². The average molecular weight is 262 g/mol. The summed E-state index contributed by atoms with van der Waals surface area (Å²) in [5, 5.41) is 5.56. The number of carbonyl (C=O) groups is 2. The second kappa shape index (κ2) is 6.92. The molecule has 0 fully saturated rings. The van der Waals surface area contributed by atoms with E-state index in [9.17, 15) is 9.59 Å². The normalized spacial score (nSPS) is 10.4. The third-order valence-corrected chi connectivity index (χ3v) is 2.86. The summed E-state index contributed by atoms with van der Waals surface area (Å²) < 4.78 is 0. The van der Waals surface area contributed by atoms with Gasteiger partial charge in [0.15, 0.2) is 0 Å². The molecule has 0 aliphatic rings. The van der Waals surface area contributed by atoms with Crippen LogP contribution in [0.5, 0.6) is 0 Å². The number of carbonyl (C=O) groups excluding carboxylic acids is 2. The van der Waals surface area contributed by atoms with Crippen molar-refractivity contribution in [1.82, 2.24) is 10.6 Å². The molecule has 0 bridgehead atoms. The van der Waals surface area contributed by atoms with Crippen LogP contribution in [0.1, 0.15) is 35.3 Å². The standard InChI is InChI=1S/C15H22N2O2/c1-10(2)14(18)16-7-8-17-15(19)13-6-5-11(3)9-12(13)4/h5-6,9-10H,7-8H2,1-4H3,(H,16,18)(H,17,19). The van der Waals surface area contributed by atoms with Crippen LogP contribution >= 0.6 is 0 Å². The maximum absolute atomic E-state index is 11.9. The molecular formula is C15H22N2O2. The van der Waals surface area contributed by atoms with E-state index in [0.29, 0.717) is 18.7 Å². The van der Waals surface area contributed by atoms with Crippen LogP contribution in [-0.2, 0) is 4.79 Å². The zero-order valence-electron chi connectivity index (χ0n) is 12.0. The highest BCUT2D eigenvalue weighted by Gasteiger charge is 2.09. The summed E-state index contributed by atoms with van der Waals surface area (Å²) in [4.78, 5) is 23.3. The van der Waals surface area contributed by atoms with Crippen LogP contribution in [0.25, 0.3) is 0 Å². The maximum atomic E-state index is 11.9. The summed E-state index contributed by atoms with van der Waals surface area (Å²) in [5.74, 6) is -0.132. The van der Waals surface area contributed by atoms with Crippen molar-refractivity contribution >= 4 is 11.8 Å². The highest BCUT2D eigenvalue weighted by molar-refractivity contribution is 5.95. The molecule has 2 amide bonds. The molecule has 0 spiro atoms. The van der Waals surface area contributed by atoms with Crippen molar-refractivity contribution in [3.05, 3.63) is 34.9 Å². The van der Waals surface area contributed by atoms with Crippen LogP contribution in [0.15, 0.2) is 18.2 Å². The van der Waals surface area contributed by atoms with Crippen LogP contribution < -0.4 is 10.6 Å². The van der Waals surface area contributed by atoms with E-state index in [-0.39, 0.29) is 17.7 Å². The van der Waals surface area contributed by atoms with Gasteiger partial charge in [0.05, 0.1) is 0 Å². The minimum Gasteiger partial charge on any atom is -0.354 e. The molecule has 1 aromatic rings. The first-order valence-corrected chi connectivity index (χ1v) is 6.55. The van der Waals surface area contributed by atoms with Gasteiger partial charge in [-0.15, -0.1) is 0 Å². The number of hydrogen-bond acceptors (Lipinski definition) is 2. The Morgan fingerprint density at radius 1 is 1.11 bits per heavy atom. The molecule has 4 nitrogen and oxygen atoms in total. The minimum absolute atomic E-state index is 0.000709. The number of nitrogens with one attached hydrogen (secondary N) is 2. The second-order valence-electron chi connectivity index (χ2n) is 5.02. The summed E-state index contributed by atoms with van der Waals surface area (Å²) in [6, 6.07) is 5.73. The van der Waals surface area contributed by atoms with Crippen molar-refractivity contribution in [2.24, 2.45) is 5.92 Å². The third-order valence-electron chi connectivity index (χ3n) is 2.86. The molecule has 0 unspecified atom stereocenters. The summed E-state index contributed by atoms with van der Waals surface area (Å²) in [5.41, 5.74) is 2.78. The molecule has 0 radical (unpaired) electrons. The summed E-state index contributed by atoms with van der Waals surface area (Å²) in [6.07, 6.45) is 0. The lowest BCUT2D eigenvalue weighted by Gasteiger charge is -2.10. The van der Waals surface area contributed by atoms with Gasteiger partial charge < -0.3 is 10.6 Å². The van der Waals surface area contributed by atoms with Crippen molar-refractivity contribution in [2.45, 2.75) is 27.7 Å². The number of aryl methyl sites for hydroxylation is 2. The lowest BCUT2D eigenvalue weighted by Crippen LogP contribution is -2.36. The molecule has 0 aliphatic carbocycles. The SMILES string of the molecule is Cc1ccc(C(=O)NCCNC(=O)C(C)C)c(C)c1. The number of benzene rings is 1. The van der Waals surface area contributed by atoms with E-state index in [0.717, 1.165) is 11.1 Å². The molecule has 4 heteroatoms. The highest BCUT2D eigenvalue weighted by Crippen LogP contribution is 2.09. The Morgan fingerprint density at radius 2 is 1.74 bits per heavy atom. The van der Waals surface area contributed by atoms with Crippen molar-refractivity contribution in [3.8, 4) is 0 Å². The molecule has 0 saturated carbocycles. The molecule has 104 valence electrons. The Balaban J connectivity index is 2.41. The largest absolute Gasteiger partial charge is 0.354 e. The zero-order valence-corrected chi connectivity index (χ0v) is 12.0. The van der Waals surface area contributed by atoms with Crippen LogP contribution in [0.2, 0.25) is 0 Å². The molecular weight excluding hydrogens is 240 g/mol. The second-order valence-corrected chi connectivity index (χ2v) is 5.02. The topological polar surface area (TPSA) is 58.2 Å². The maximum Gasteiger partial charge on any atom is 0.251 e. The molecule has 0 saturated heterocycles. The van der Waals surface area contributed by atoms with Crippen molar-refractivity contribution in [2.75, 3.05) is 13.1 Å². The Hall–Kier alpha value is -1.84. The Morgan fingerprint density at radius 3 is 2.32 bits per heavy atom. The number of amides is 2. The van der Waals surface area contributed by atoms with Crippen molar-refractivity contribution < 1.29 is 9.59 Å².